The number of thiophene rings is 1. The first-order valence-electron chi connectivity index (χ1n) is 27.7. The highest BCUT2D eigenvalue weighted by atomic mass is 32.1. The summed E-state index contributed by atoms with van der Waals surface area (Å²) in [6, 6.07) is 18.5. The molecular formula is C62H73N9O10S2. The molecule has 21 heteroatoms. The number of carboxylic acid groups (broad SMARTS) is 1. The molecule has 0 saturated carbocycles. The van der Waals surface area contributed by atoms with E-state index in [1.165, 1.54) is 4.90 Å². The number of nitrogens with zero attached hydrogens (tertiary/aromatic N) is 6. The van der Waals surface area contributed by atoms with E-state index >= 15 is 0 Å². The second-order valence-electron chi connectivity index (χ2n) is 22.9. The number of aliphatic carboxylic acids is 1. The van der Waals surface area contributed by atoms with E-state index in [2.05, 4.69) is 49.9 Å². The quantitative estimate of drug-likeness (QED) is 0.0355. The van der Waals surface area contributed by atoms with Gasteiger partial charge in [0.25, 0.3) is 0 Å². The van der Waals surface area contributed by atoms with Crippen molar-refractivity contribution < 1.29 is 48.4 Å². The van der Waals surface area contributed by atoms with E-state index in [0.29, 0.717) is 49.3 Å². The molecule has 8 rings (SSSR count). The van der Waals surface area contributed by atoms with Crippen molar-refractivity contribution in [3.8, 4) is 27.3 Å². The van der Waals surface area contributed by atoms with E-state index in [1.807, 2.05) is 107 Å². The number of aliphatic hydroxyl groups is 1. The van der Waals surface area contributed by atoms with Crippen LogP contribution in [0.2, 0.25) is 0 Å². The van der Waals surface area contributed by atoms with Crippen molar-refractivity contribution in [1.82, 2.24) is 35.3 Å². The number of aliphatic hydroxyl groups excluding tert-OH is 1. The highest BCUT2D eigenvalue weighted by Crippen LogP contribution is 2.40. The van der Waals surface area contributed by atoms with Gasteiger partial charge in [-0.3, -0.25) is 34.1 Å². The molecule has 6 aromatic rings. The van der Waals surface area contributed by atoms with E-state index in [4.69, 9.17) is 19.2 Å². The maximum Gasteiger partial charge on any atom is 0.412 e. The topological polar surface area (TPSA) is 249 Å². The molecule has 0 aliphatic carbocycles. The molecule has 1 fully saturated rings. The highest BCUT2D eigenvalue weighted by molar-refractivity contribution is 7.15. The first kappa shape index (κ1) is 61.5. The number of aliphatic imine (C=N–C) groups is 1. The molecule has 438 valence electrons. The third kappa shape index (κ3) is 15.9. The van der Waals surface area contributed by atoms with Crippen molar-refractivity contribution in [3.63, 3.8) is 0 Å². The maximum atomic E-state index is 14.3. The van der Waals surface area contributed by atoms with Gasteiger partial charge in [0.05, 0.1) is 54.1 Å². The number of hydrogen-bond acceptors (Lipinski definition) is 15. The minimum absolute atomic E-state index is 0.0131. The van der Waals surface area contributed by atoms with Gasteiger partial charge in [-0.1, -0.05) is 75.1 Å². The Kier molecular flexibility index (Phi) is 19.8. The minimum Gasteiger partial charge on any atom is -0.481 e. The summed E-state index contributed by atoms with van der Waals surface area (Å²) in [6.45, 7) is 20.1. The number of ether oxygens (including phenoxy) is 3. The third-order valence-corrected chi connectivity index (χ3v) is 16.3. The molecule has 2 aliphatic heterocycles. The van der Waals surface area contributed by atoms with Crippen molar-refractivity contribution in [2.45, 2.75) is 138 Å². The van der Waals surface area contributed by atoms with Gasteiger partial charge in [0.2, 0.25) is 17.7 Å². The van der Waals surface area contributed by atoms with Gasteiger partial charge in [0.15, 0.2) is 5.82 Å². The summed E-state index contributed by atoms with van der Waals surface area (Å²) in [5, 5.41) is 38.8. The number of anilines is 1. The Morgan fingerprint density at radius 1 is 0.855 bits per heavy atom. The van der Waals surface area contributed by atoms with Crippen LogP contribution in [-0.2, 0) is 52.8 Å². The summed E-state index contributed by atoms with van der Waals surface area (Å²) < 4.78 is 19.2. The van der Waals surface area contributed by atoms with Crippen molar-refractivity contribution >= 4 is 63.9 Å². The monoisotopic (exact) mass is 1170 g/mol. The van der Waals surface area contributed by atoms with Crippen molar-refractivity contribution in [2.75, 3.05) is 38.3 Å². The van der Waals surface area contributed by atoms with Crippen LogP contribution in [0, 0.1) is 45.0 Å². The zero-order valence-electron chi connectivity index (χ0n) is 48.7. The van der Waals surface area contributed by atoms with E-state index in [-0.39, 0.29) is 51.3 Å². The number of aromatic nitrogens is 4. The number of hydrogen-bond donors (Lipinski definition) is 5. The molecule has 5 heterocycles. The number of carbonyl (C=O) groups excluding carboxylic acids is 4. The smallest absolute Gasteiger partial charge is 0.412 e. The second kappa shape index (κ2) is 26.7. The van der Waals surface area contributed by atoms with Gasteiger partial charge in [-0.15, -0.1) is 32.9 Å². The third-order valence-electron chi connectivity index (χ3n) is 14.1. The Morgan fingerprint density at radius 3 is 2.23 bits per heavy atom. The molecule has 83 heavy (non-hydrogen) atoms. The summed E-state index contributed by atoms with van der Waals surface area (Å²) in [5.41, 5.74) is 9.59. The second-order valence-corrected chi connectivity index (χ2v) is 25.0. The van der Waals surface area contributed by atoms with Gasteiger partial charge >= 0.3 is 12.1 Å². The lowest BCUT2D eigenvalue weighted by Gasteiger charge is -2.35. The Labute approximate surface area is 492 Å². The number of carbonyl (C=O) groups is 5. The molecule has 4 amide bonds. The largest absolute Gasteiger partial charge is 0.481 e. The van der Waals surface area contributed by atoms with Crippen LogP contribution >= 0.6 is 22.7 Å². The highest BCUT2D eigenvalue weighted by Gasteiger charge is 2.44. The fraction of sp³-hybridized carbons (Fsp3) is 0.435. The molecule has 0 spiro atoms. The maximum absolute atomic E-state index is 14.3. The number of nitrogens with one attached hydrogen (secondary N) is 3. The fourth-order valence-electron chi connectivity index (χ4n) is 9.89. The number of aryl methyl sites for hydroxylation is 4. The van der Waals surface area contributed by atoms with E-state index in [1.54, 1.807) is 55.0 Å². The molecule has 0 bridgehead atoms. The van der Waals surface area contributed by atoms with Gasteiger partial charge in [-0.25, -0.2) is 9.78 Å². The number of carboxylic acids is 1. The van der Waals surface area contributed by atoms with E-state index in [0.717, 1.165) is 65.0 Å². The zero-order chi connectivity index (χ0) is 59.8. The van der Waals surface area contributed by atoms with E-state index in [9.17, 15) is 34.2 Å². The molecule has 19 nitrogen and oxygen atoms in total. The zero-order valence-corrected chi connectivity index (χ0v) is 50.3. The van der Waals surface area contributed by atoms with Gasteiger partial charge in [0, 0.05) is 53.2 Å². The van der Waals surface area contributed by atoms with Gasteiger partial charge in [0.1, 0.15) is 41.2 Å². The number of benzene rings is 3. The lowest BCUT2D eigenvalue weighted by atomic mass is 9.85. The first-order valence-corrected chi connectivity index (χ1v) is 29.4. The molecule has 3 aromatic heterocycles. The standard InChI is InChI=1S/C62H73N9O10S2/c1-36-38(3)83-59-52(36)53(66-48(32-51(74)75)56-69-68-39(4)71(56)59)44-18-13-40(14-19-44)12-11-24-79-26-27-80-25-23-43-28-42(29-46(30-43)65-60(78)81-62(8,9)10)17-22-50(73)67-55(61(5,6)7)58(77)70-34-47(72)31-49(70)57(76)63-33-41-15-20-45(21-16-41)54-37(2)64-35-82-54/h13-16,18-21,28-30,35,47-49,55,72H,17,22-27,31-34H2,1-10H3,(H,63,76)(H,65,78)(H,67,73)(H,74,75)/t47-,48+,49+,55-/m1/s1. The number of rotatable bonds is 20. The SMILES string of the molecule is Cc1ncsc1-c1ccc(CNC(=O)[C@@H]2C[C@@H](O)CN2C(=O)[C@@H](NC(=O)CCc2cc(CCOCCOCC#Cc3ccc(C4=N[C@@H](CC(=O)O)c5nnc(C)n5-c5sc(C)c(C)c54)cc3)cc(NC(=O)OC(C)(C)C)c2)C(C)(C)C)cc1. The summed E-state index contributed by atoms with van der Waals surface area (Å²) in [5.74, 6) is 5.17. The van der Waals surface area contributed by atoms with Crippen molar-refractivity contribution in [3.05, 3.63) is 133 Å². The normalized spacial score (nSPS) is 16.2. The van der Waals surface area contributed by atoms with Crippen LogP contribution in [0.15, 0.2) is 77.2 Å². The van der Waals surface area contributed by atoms with Crippen LogP contribution in [0.25, 0.3) is 15.4 Å². The van der Waals surface area contributed by atoms with Crippen LogP contribution in [-0.4, -0.2) is 127 Å². The van der Waals surface area contributed by atoms with Gasteiger partial charge in [-0.05, 0) is 119 Å². The predicted molar refractivity (Wildman–Crippen MR) is 319 cm³/mol. The summed E-state index contributed by atoms with van der Waals surface area (Å²) in [4.78, 5) is 79.5. The lowest BCUT2D eigenvalue weighted by molar-refractivity contribution is -0.144. The number of fused-ring (bicyclic) bond motifs is 3. The Morgan fingerprint density at radius 2 is 1.55 bits per heavy atom. The number of β-amino-alcohol motifs (C(OH)–C–C–N with tert-alkyl or cyclic N) is 1. The molecule has 0 unspecified atom stereocenters. The number of thiazole rings is 1. The molecule has 0 radical (unpaired) electrons. The Hall–Kier alpha value is -7.61. The van der Waals surface area contributed by atoms with Crippen LogP contribution in [0.3, 0.4) is 0 Å². The molecule has 2 aliphatic rings. The fourth-order valence-corrected chi connectivity index (χ4v) is 11.9. The summed E-state index contributed by atoms with van der Waals surface area (Å²) in [7, 11) is 0. The van der Waals surface area contributed by atoms with Crippen LogP contribution < -0.4 is 16.0 Å². The van der Waals surface area contributed by atoms with Crippen molar-refractivity contribution in [1.29, 1.82) is 0 Å². The first-order chi connectivity index (χ1) is 39.4. The van der Waals surface area contributed by atoms with Crippen LogP contribution in [0.1, 0.15) is 128 Å². The average molecular weight is 1170 g/mol. The lowest BCUT2D eigenvalue weighted by Crippen LogP contribution is -2.57. The molecule has 5 N–H and O–H groups in total. The van der Waals surface area contributed by atoms with Crippen LogP contribution in [0.4, 0.5) is 10.5 Å². The molecular weight excluding hydrogens is 1090 g/mol. The van der Waals surface area contributed by atoms with E-state index < -0.39 is 59.1 Å². The minimum atomic E-state index is -1.00. The molecule has 4 atom stereocenters. The summed E-state index contributed by atoms with van der Waals surface area (Å²) >= 11 is 3.17. The number of amides is 4. The predicted octanol–water partition coefficient (Wildman–Crippen LogP) is 8.77. The average Bonchev–Trinajstić information content (AvgIpc) is 3.87. The summed E-state index contributed by atoms with van der Waals surface area (Å²) in [6.07, 6.45) is -0.925. The van der Waals surface area contributed by atoms with Crippen LogP contribution in [0.5, 0.6) is 0 Å². The Bertz CT molecular complexity index is 3430. The molecule has 1 saturated heterocycles. The van der Waals surface area contributed by atoms with Crippen molar-refractivity contribution in [2.24, 2.45) is 10.4 Å². The number of likely N-dealkylation sites (tertiary alicyclic amines) is 1. The van der Waals surface area contributed by atoms with Gasteiger partial charge < -0.3 is 40.0 Å². The molecule has 3 aromatic carbocycles. The Balaban J connectivity index is 0.828. The van der Waals surface area contributed by atoms with Gasteiger partial charge in [-0.2, -0.15) is 0 Å².